The third-order valence-corrected chi connectivity index (χ3v) is 2.06. The van der Waals surface area contributed by atoms with E-state index >= 15 is 0 Å². The van der Waals surface area contributed by atoms with Gasteiger partial charge in [-0.25, -0.2) is 0 Å². The summed E-state index contributed by atoms with van der Waals surface area (Å²) in [6.45, 7) is 3.06. The number of benzene rings is 1. The Balaban J connectivity index is 3.13. The van der Waals surface area contributed by atoms with Gasteiger partial charge in [-0.05, 0) is 31.0 Å². The van der Waals surface area contributed by atoms with Gasteiger partial charge in [-0.2, -0.15) is 0 Å². The normalized spacial score (nSPS) is 11.3. The SMILES string of the molecule is CCc1ccc(OC(F)(F)F)c(C(C)=O)c1. The van der Waals surface area contributed by atoms with Gasteiger partial charge in [0.25, 0.3) is 0 Å². The molecule has 5 heteroatoms. The number of Topliss-reactive ketones (excluding diaryl/α,β-unsaturated/α-hetero) is 1. The van der Waals surface area contributed by atoms with Crippen LogP contribution < -0.4 is 4.74 Å². The molecule has 1 rings (SSSR count). The number of alkyl halides is 3. The minimum Gasteiger partial charge on any atom is -0.405 e. The lowest BCUT2D eigenvalue weighted by Gasteiger charge is -2.12. The molecule has 0 unspecified atom stereocenters. The van der Waals surface area contributed by atoms with Gasteiger partial charge in [-0.1, -0.05) is 13.0 Å². The molecule has 0 aliphatic carbocycles. The second-order valence-electron chi connectivity index (χ2n) is 3.29. The lowest BCUT2D eigenvalue weighted by molar-refractivity contribution is -0.274. The van der Waals surface area contributed by atoms with Crippen LogP contribution in [0.4, 0.5) is 13.2 Å². The lowest BCUT2D eigenvalue weighted by atomic mass is 10.1. The minimum atomic E-state index is -4.78. The number of aryl methyl sites for hydroxylation is 1. The Hall–Kier alpha value is -1.52. The van der Waals surface area contributed by atoms with Crippen LogP contribution >= 0.6 is 0 Å². The molecule has 88 valence electrons. The number of ketones is 1. The maximum absolute atomic E-state index is 12.0. The predicted molar refractivity (Wildman–Crippen MR) is 52.5 cm³/mol. The van der Waals surface area contributed by atoms with E-state index in [4.69, 9.17) is 0 Å². The first kappa shape index (κ1) is 12.5. The molecule has 0 atom stereocenters. The van der Waals surface area contributed by atoms with Gasteiger partial charge < -0.3 is 4.74 Å². The zero-order valence-corrected chi connectivity index (χ0v) is 8.89. The highest BCUT2D eigenvalue weighted by Crippen LogP contribution is 2.27. The summed E-state index contributed by atoms with van der Waals surface area (Å²) < 4.78 is 39.9. The summed E-state index contributed by atoms with van der Waals surface area (Å²) in [5.74, 6) is -0.897. The Morgan fingerprint density at radius 1 is 1.38 bits per heavy atom. The molecular weight excluding hydrogens is 221 g/mol. The Morgan fingerprint density at radius 3 is 2.44 bits per heavy atom. The Kier molecular flexibility index (Phi) is 3.57. The van der Waals surface area contributed by atoms with Crippen LogP contribution in [-0.2, 0) is 6.42 Å². The van der Waals surface area contributed by atoms with Gasteiger partial charge in [-0.3, -0.25) is 4.79 Å². The van der Waals surface area contributed by atoms with E-state index in [1.807, 2.05) is 6.92 Å². The summed E-state index contributed by atoms with van der Waals surface area (Å²) in [6, 6.07) is 4.10. The van der Waals surface area contributed by atoms with E-state index in [-0.39, 0.29) is 5.56 Å². The summed E-state index contributed by atoms with van der Waals surface area (Å²) in [4.78, 5) is 11.2. The summed E-state index contributed by atoms with van der Waals surface area (Å²) in [7, 11) is 0. The highest BCUT2D eigenvalue weighted by molar-refractivity contribution is 5.97. The lowest BCUT2D eigenvalue weighted by Crippen LogP contribution is -2.18. The second kappa shape index (κ2) is 4.55. The van der Waals surface area contributed by atoms with Crippen molar-refractivity contribution in [1.29, 1.82) is 0 Å². The highest BCUT2D eigenvalue weighted by atomic mass is 19.4. The standard InChI is InChI=1S/C11H11F3O2/c1-3-8-4-5-10(16-11(12,13)14)9(6-8)7(2)15/h4-6H,3H2,1-2H3. The van der Waals surface area contributed by atoms with E-state index in [0.717, 1.165) is 5.56 Å². The van der Waals surface area contributed by atoms with Crippen LogP contribution in [-0.4, -0.2) is 12.1 Å². The van der Waals surface area contributed by atoms with E-state index in [2.05, 4.69) is 4.74 Å². The molecule has 0 amide bonds. The number of carbonyl (C=O) groups is 1. The first-order valence-corrected chi connectivity index (χ1v) is 4.73. The second-order valence-corrected chi connectivity index (χ2v) is 3.29. The third-order valence-electron chi connectivity index (χ3n) is 2.06. The van der Waals surface area contributed by atoms with Crippen molar-refractivity contribution in [3.63, 3.8) is 0 Å². The summed E-state index contributed by atoms with van der Waals surface area (Å²) in [5, 5.41) is 0. The van der Waals surface area contributed by atoms with Crippen molar-refractivity contribution in [3.8, 4) is 5.75 Å². The predicted octanol–water partition coefficient (Wildman–Crippen LogP) is 3.35. The Bertz CT molecular complexity index is 397. The van der Waals surface area contributed by atoms with Crippen molar-refractivity contribution in [2.24, 2.45) is 0 Å². The summed E-state index contributed by atoms with van der Waals surface area (Å²) in [6.07, 6.45) is -4.13. The molecule has 0 bridgehead atoms. The molecule has 0 saturated heterocycles. The monoisotopic (exact) mass is 232 g/mol. The quantitative estimate of drug-likeness (QED) is 0.747. The van der Waals surface area contributed by atoms with Gasteiger partial charge in [0.2, 0.25) is 0 Å². The van der Waals surface area contributed by atoms with Crippen molar-refractivity contribution >= 4 is 5.78 Å². The topological polar surface area (TPSA) is 26.3 Å². The van der Waals surface area contributed by atoms with Crippen LogP contribution in [0, 0.1) is 0 Å². The average Bonchev–Trinajstić information content (AvgIpc) is 2.15. The fourth-order valence-electron chi connectivity index (χ4n) is 1.29. The van der Waals surface area contributed by atoms with Crippen LogP contribution in [0.1, 0.15) is 29.8 Å². The smallest absolute Gasteiger partial charge is 0.405 e. The molecule has 0 spiro atoms. The van der Waals surface area contributed by atoms with Gasteiger partial charge in [0.15, 0.2) is 5.78 Å². The molecule has 1 aromatic rings. The molecule has 0 heterocycles. The van der Waals surface area contributed by atoms with Gasteiger partial charge in [0, 0.05) is 0 Å². The molecule has 0 N–H and O–H groups in total. The molecule has 0 radical (unpaired) electrons. The average molecular weight is 232 g/mol. The summed E-state index contributed by atoms with van der Waals surface area (Å²) in [5.41, 5.74) is 0.747. The third kappa shape index (κ3) is 3.25. The van der Waals surface area contributed by atoms with Crippen LogP contribution in [0.15, 0.2) is 18.2 Å². The zero-order valence-electron chi connectivity index (χ0n) is 8.89. The Morgan fingerprint density at radius 2 is 2.00 bits per heavy atom. The number of hydrogen-bond donors (Lipinski definition) is 0. The number of ether oxygens (including phenoxy) is 1. The summed E-state index contributed by atoms with van der Waals surface area (Å²) >= 11 is 0. The first-order chi connectivity index (χ1) is 7.33. The van der Waals surface area contributed by atoms with Crippen molar-refractivity contribution in [3.05, 3.63) is 29.3 Å². The van der Waals surface area contributed by atoms with Crippen LogP contribution in [0.2, 0.25) is 0 Å². The largest absolute Gasteiger partial charge is 0.573 e. The van der Waals surface area contributed by atoms with Crippen molar-refractivity contribution in [2.45, 2.75) is 26.6 Å². The van der Waals surface area contributed by atoms with Gasteiger partial charge in [0.05, 0.1) is 5.56 Å². The molecule has 0 fully saturated rings. The molecule has 0 saturated carbocycles. The van der Waals surface area contributed by atoms with E-state index < -0.39 is 17.9 Å². The van der Waals surface area contributed by atoms with Crippen LogP contribution in [0.3, 0.4) is 0 Å². The molecule has 16 heavy (non-hydrogen) atoms. The maximum atomic E-state index is 12.0. The minimum absolute atomic E-state index is 0.0447. The first-order valence-electron chi connectivity index (χ1n) is 4.73. The maximum Gasteiger partial charge on any atom is 0.573 e. The number of rotatable bonds is 3. The van der Waals surface area contributed by atoms with E-state index in [1.165, 1.54) is 25.1 Å². The molecule has 0 aromatic heterocycles. The van der Waals surface area contributed by atoms with E-state index in [9.17, 15) is 18.0 Å². The van der Waals surface area contributed by atoms with E-state index in [1.54, 1.807) is 0 Å². The van der Waals surface area contributed by atoms with E-state index in [0.29, 0.717) is 6.42 Å². The highest BCUT2D eigenvalue weighted by Gasteiger charge is 2.32. The van der Waals surface area contributed by atoms with Gasteiger partial charge >= 0.3 is 6.36 Å². The zero-order chi connectivity index (χ0) is 12.3. The van der Waals surface area contributed by atoms with Crippen molar-refractivity contribution in [2.75, 3.05) is 0 Å². The fraction of sp³-hybridized carbons (Fsp3) is 0.364. The fourth-order valence-corrected chi connectivity index (χ4v) is 1.29. The molecular formula is C11H11F3O2. The van der Waals surface area contributed by atoms with Crippen LogP contribution in [0.25, 0.3) is 0 Å². The van der Waals surface area contributed by atoms with Gasteiger partial charge in [0.1, 0.15) is 5.75 Å². The number of halogens is 3. The number of hydrogen-bond acceptors (Lipinski definition) is 2. The Labute approximate surface area is 91.0 Å². The van der Waals surface area contributed by atoms with Crippen molar-refractivity contribution in [1.82, 2.24) is 0 Å². The van der Waals surface area contributed by atoms with Crippen molar-refractivity contribution < 1.29 is 22.7 Å². The molecule has 2 nitrogen and oxygen atoms in total. The molecule has 1 aromatic carbocycles. The molecule has 0 aliphatic heterocycles. The van der Waals surface area contributed by atoms with Crippen LogP contribution in [0.5, 0.6) is 5.75 Å². The van der Waals surface area contributed by atoms with Gasteiger partial charge in [-0.15, -0.1) is 13.2 Å². The number of carbonyl (C=O) groups excluding carboxylic acids is 1. The molecule has 0 aliphatic rings.